The van der Waals surface area contributed by atoms with Crippen LogP contribution in [0.15, 0.2) is 18.2 Å². The second-order valence-electron chi connectivity index (χ2n) is 3.93. The van der Waals surface area contributed by atoms with Crippen LogP contribution in [0.3, 0.4) is 0 Å². The number of carbonyl (C=O) groups is 2. The quantitative estimate of drug-likeness (QED) is 0.563. The van der Waals surface area contributed by atoms with Gasteiger partial charge in [0.15, 0.2) is 0 Å². The molecule has 1 unspecified atom stereocenters. The first-order valence-electron chi connectivity index (χ1n) is 5.69. The zero-order valence-corrected chi connectivity index (χ0v) is 10.5. The van der Waals surface area contributed by atoms with Gasteiger partial charge in [0.1, 0.15) is 6.04 Å². The lowest BCUT2D eigenvalue weighted by molar-refractivity contribution is -0.118. The molecule has 0 aliphatic carbocycles. The molecule has 0 aromatic heterocycles. The molecule has 1 aromatic rings. The van der Waals surface area contributed by atoms with E-state index in [4.69, 9.17) is 11.5 Å². The lowest BCUT2D eigenvalue weighted by Gasteiger charge is -2.14. The average molecular weight is 250 g/mol. The van der Waals surface area contributed by atoms with E-state index in [-0.39, 0.29) is 5.91 Å². The highest BCUT2D eigenvalue weighted by molar-refractivity contribution is 5.96. The van der Waals surface area contributed by atoms with Crippen LogP contribution >= 0.6 is 0 Å². The van der Waals surface area contributed by atoms with Crippen molar-refractivity contribution < 1.29 is 9.59 Å². The SMILES string of the molecule is CCNC(=O)c1ccc(NC(C)C(N)=O)c(N)c1. The summed E-state index contributed by atoms with van der Waals surface area (Å²) in [5, 5.41) is 5.55. The smallest absolute Gasteiger partial charge is 0.251 e. The Morgan fingerprint density at radius 3 is 2.56 bits per heavy atom. The number of nitrogen functional groups attached to an aromatic ring is 1. The summed E-state index contributed by atoms with van der Waals surface area (Å²) in [6.07, 6.45) is 0. The molecule has 18 heavy (non-hydrogen) atoms. The Bertz CT molecular complexity index is 459. The summed E-state index contributed by atoms with van der Waals surface area (Å²) in [5.74, 6) is -0.652. The Morgan fingerprint density at radius 2 is 2.06 bits per heavy atom. The Balaban J connectivity index is 2.86. The number of anilines is 2. The van der Waals surface area contributed by atoms with Gasteiger partial charge in [-0.25, -0.2) is 0 Å². The largest absolute Gasteiger partial charge is 0.397 e. The molecule has 6 N–H and O–H groups in total. The summed E-state index contributed by atoms with van der Waals surface area (Å²) < 4.78 is 0. The molecule has 1 aromatic carbocycles. The summed E-state index contributed by atoms with van der Waals surface area (Å²) >= 11 is 0. The van der Waals surface area contributed by atoms with Gasteiger partial charge in [-0.1, -0.05) is 0 Å². The maximum absolute atomic E-state index is 11.6. The van der Waals surface area contributed by atoms with Crippen LogP contribution in [0.2, 0.25) is 0 Å². The van der Waals surface area contributed by atoms with E-state index < -0.39 is 11.9 Å². The lowest BCUT2D eigenvalue weighted by Crippen LogP contribution is -2.32. The van der Waals surface area contributed by atoms with Crippen molar-refractivity contribution in [2.24, 2.45) is 5.73 Å². The molecule has 98 valence electrons. The zero-order chi connectivity index (χ0) is 13.7. The van der Waals surface area contributed by atoms with Crippen molar-refractivity contribution in [3.63, 3.8) is 0 Å². The summed E-state index contributed by atoms with van der Waals surface area (Å²) in [6.45, 7) is 4.03. The second kappa shape index (κ2) is 5.90. The monoisotopic (exact) mass is 250 g/mol. The number of hydrogen-bond acceptors (Lipinski definition) is 4. The molecule has 0 saturated carbocycles. The van der Waals surface area contributed by atoms with E-state index in [0.29, 0.717) is 23.5 Å². The summed E-state index contributed by atoms with van der Waals surface area (Å²) in [4.78, 5) is 22.5. The summed E-state index contributed by atoms with van der Waals surface area (Å²) in [5.41, 5.74) is 12.4. The number of carbonyl (C=O) groups excluding carboxylic acids is 2. The summed E-state index contributed by atoms with van der Waals surface area (Å²) in [7, 11) is 0. The summed E-state index contributed by atoms with van der Waals surface area (Å²) in [6, 6.07) is 4.32. The van der Waals surface area contributed by atoms with Crippen molar-refractivity contribution >= 4 is 23.2 Å². The van der Waals surface area contributed by atoms with E-state index in [1.54, 1.807) is 25.1 Å². The third kappa shape index (κ3) is 3.38. The predicted octanol–water partition coefficient (Wildman–Crippen LogP) is 0.304. The zero-order valence-electron chi connectivity index (χ0n) is 10.5. The molecule has 0 radical (unpaired) electrons. The molecular formula is C12H18N4O2. The minimum atomic E-state index is -0.525. The van der Waals surface area contributed by atoms with Crippen molar-refractivity contribution in [3.05, 3.63) is 23.8 Å². The Labute approximate surface area is 106 Å². The van der Waals surface area contributed by atoms with E-state index in [9.17, 15) is 9.59 Å². The van der Waals surface area contributed by atoms with Crippen molar-refractivity contribution in [3.8, 4) is 0 Å². The van der Waals surface area contributed by atoms with Crippen LogP contribution in [0, 0.1) is 0 Å². The number of nitrogens with two attached hydrogens (primary N) is 2. The van der Waals surface area contributed by atoms with Gasteiger partial charge in [-0.05, 0) is 32.0 Å². The normalized spacial score (nSPS) is 11.7. The first-order valence-corrected chi connectivity index (χ1v) is 5.69. The molecule has 0 fully saturated rings. The molecule has 0 saturated heterocycles. The fourth-order valence-corrected chi connectivity index (χ4v) is 1.40. The molecule has 0 aliphatic rings. The Kier molecular flexibility index (Phi) is 4.53. The minimum absolute atomic E-state index is 0.182. The van der Waals surface area contributed by atoms with Gasteiger partial charge in [-0.2, -0.15) is 0 Å². The first-order chi connectivity index (χ1) is 8.45. The van der Waals surface area contributed by atoms with Crippen molar-refractivity contribution in [2.75, 3.05) is 17.6 Å². The van der Waals surface area contributed by atoms with E-state index in [1.165, 1.54) is 0 Å². The molecule has 6 heteroatoms. The highest BCUT2D eigenvalue weighted by Crippen LogP contribution is 2.20. The highest BCUT2D eigenvalue weighted by atomic mass is 16.2. The fraction of sp³-hybridized carbons (Fsp3) is 0.333. The molecular weight excluding hydrogens is 232 g/mol. The number of rotatable bonds is 5. The van der Waals surface area contributed by atoms with Crippen LogP contribution < -0.4 is 22.1 Å². The van der Waals surface area contributed by atoms with Crippen molar-refractivity contribution in [1.82, 2.24) is 5.32 Å². The minimum Gasteiger partial charge on any atom is -0.397 e. The van der Waals surface area contributed by atoms with Crippen LogP contribution in [0.1, 0.15) is 24.2 Å². The van der Waals surface area contributed by atoms with Crippen molar-refractivity contribution in [2.45, 2.75) is 19.9 Å². The maximum atomic E-state index is 11.6. The topological polar surface area (TPSA) is 110 Å². The van der Waals surface area contributed by atoms with Crippen LogP contribution in [0.5, 0.6) is 0 Å². The third-order valence-corrected chi connectivity index (χ3v) is 2.45. The van der Waals surface area contributed by atoms with Crippen LogP contribution in [0.25, 0.3) is 0 Å². The van der Waals surface area contributed by atoms with Gasteiger partial charge in [0.25, 0.3) is 5.91 Å². The van der Waals surface area contributed by atoms with E-state index in [1.807, 2.05) is 6.92 Å². The standard InChI is InChI=1S/C12H18N4O2/c1-3-15-12(18)8-4-5-10(9(13)6-8)16-7(2)11(14)17/h4-7,16H,3,13H2,1-2H3,(H2,14,17)(H,15,18). The second-order valence-corrected chi connectivity index (χ2v) is 3.93. The highest BCUT2D eigenvalue weighted by Gasteiger charge is 2.11. The molecule has 0 spiro atoms. The third-order valence-electron chi connectivity index (χ3n) is 2.45. The van der Waals surface area contributed by atoms with Crippen LogP contribution in [-0.4, -0.2) is 24.4 Å². The maximum Gasteiger partial charge on any atom is 0.251 e. The van der Waals surface area contributed by atoms with Gasteiger partial charge in [-0.15, -0.1) is 0 Å². The van der Waals surface area contributed by atoms with Gasteiger partial charge in [-0.3, -0.25) is 9.59 Å². The molecule has 0 heterocycles. The van der Waals surface area contributed by atoms with E-state index in [0.717, 1.165) is 0 Å². The number of primary amides is 1. The van der Waals surface area contributed by atoms with Crippen molar-refractivity contribution in [1.29, 1.82) is 0 Å². The van der Waals surface area contributed by atoms with E-state index >= 15 is 0 Å². The Hall–Kier alpha value is -2.24. The number of benzene rings is 1. The first kappa shape index (κ1) is 13.8. The number of hydrogen-bond donors (Lipinski definition) is 4. The van der Waals surface area contributed by atoms with Gasteiger partial charge in [0, 0.05) is 12.1 Å². The average Bonchev–Trinajstić information content (AvgIpc) is 2.31. The molecule has 1 atom stereocenters. The van der Waals surface area contributed by atoms with Gasteiger partial charge in [0.05, 0.1) is 11.4 Å². The lowest BCUT2D eigenvalue weighted by atomic mass is 10.1. The Morgan fingerprint density at radius 1 is 1.39 bits per heavy atom. The molecule has 0 aliphatic heterocycles. The number of nitrogens with one attached hydrogen (secondary N) is 2. The molecule has 0 bridgehead atoms. The number of amides is 2. The van der Waals surface area contributed by atoms with Crippen LogP contribution in [-0.2, 0) is 4.79 Å². The van der Waals surface area contributed by atoms with E-state index in [2.05, 4.69) is 10.6 Å². The van der Waals surface area contributed by atoms with Crippen LogP contribution in [0.4, 0.5) is 11.4 Å². The molecule has 1 rings (SSSR count). The fourth-order valence-electron chi connectivity index (χ4n) is 1.40. The van der Waals surface area contributed by atoms with Gasteiger partial charge in [0.2, 0.25) is 5.91 Å². The van der Waals surface area contributed by atoms with Gasteiger partial charge >= 0.3 is 0 Å². The van der Waals surface area contributed by atoms with Gasteiger partial charge < -0.3 is 22.1 Å². The molecule has 6 nitrogen and oxygen atoms in total. The molecule has 2 amide bonds. The predicted molar refractivity (Wildman–Crippen MR) is 71.1 cm³/mol.